The molecule has 0 saturated heterocycles. The number of aromatic amines is 1. The number of nitrogens with zero attached hydrogens (tertiary/aromatic N) is 2. The van der Waals surface area contributed by atoms with Crippen molar-refractivity contribution in [1.82, 2.24) is 15.1 Å². The van der Waals surface area contributed by atoms with Gasteiger partial charge >= 0.3 is 0 Å². The molecule has 0 spiro atoms. The number of carbonyl (C=O) groups is 1. The van der Waals surface area contributed by atoms with Crippen LogP contribution in [0.1, 0.15) is 10.4 Å². The molecule has 0 bridgehead atoms. The first-order chi connectivity index (χ1) is 10.1. The van der Waals surface area contributed by atoms with Crippen LogP contribution in [0.25, 0.3) is 10.9 Å². The Balaban J connectivity index is 1.87. The van der Waals surface area contributed by atoms with Gasteiger partial charge in [-0.05, 0) is 36.4 Å². The third-order valence-electron chi connectivity index (χ3n) is 3.13. The Morgan fingerprint density at radius 3 is 2.76 bits per heavy atom. The van der Waals surface area contributed by atoms with Gasteiger partial charge in [0, 0.05) is 25.0 Å². The van der Waals surface area contributed by atoms with Gasteiger partial charge in [-0.3, -0.25) is 9.89 Å². The lowest BCUT2D eigenvalue weighted by Gasteiger charge is -2.11. The Kier molecular flexibility index (Phi) is 3.31. The fourth-order valence-electron chi connectivity index (χ4n) is 2.07. The molecule has 3 aromatic rings. The monoisotopic (exact) mass is 281 g/mol. The first-order valence-corrected chi connectivity index (χ1v) is 6.56. The van der Waals surface area contributed by atoms with Gasteiger partial charge in [0.25, 0.3) is 5.91 Å². The summed E-state index contributed by atoms with van der Waals surface area (Å²) in [4.78, 5) is 13.5. The van der Waals surface area contributed by atoms with Crippen LogP contribution < -0.4 is 4.74 Å². The van der Waals surface area contributed by atoms with E-state index >= 15 is 0 Å². The van der Waals surface area contributed by atoms with Gasteiger partial charge in [-0.1, -0.05) is 6.07 Å². The molecule has 0 saturated carbocycles. The lowest BCUT2D eigenvalue weighted by Crippen LogP contribution is -2.21. The quantitative estimate of drug-likeness (QED) is 0.802. The van der Waals surface area contributed by atoms with Gasteiger partial charge in [-0.25, -0.2) is 0 Å². The molecule has 2 aromatic carbocycles. The molecule has 5 nitrogen and oxygen atoms in total. The first kappa shape index (κ1) is 13.2. The molecule has 3 rings (SSSR count). The number of benzene rings is 2. The van der Waals surface area contributed by atoms with Crippen LogP contribution in [0.5, 0.6) is 11.5 Å². The topological polar surface area (TPSA) is 58.2 Å². The summed E-state index contributed by atoms with van der Waals surface area (Å²) in [5.74, 6) is 1.29. The molecular formula is C16H15N3O2. The summed E-state index contributed by atoms with van der Waals surface area (Å²) in [7, 11) is 3.45. The van der Waals surface area contributed by atoms with Gasteiger partial charge in [0.15, 0.2) is 0 Å². The molecule has 0 aliphatic rings. The second-order valence-electron chi connectivity index (χ2n) is 4.95. The molecule has 0 unspecified atom stereocenters. The number of amides is 1. The minimum absolute atomic E-state index is 0.0502. The number of carbonyl (C=O) groups excluding carboxylic acids is 1. The second kappa shape index (κ2) is 5.28. The summed E-state index contributed by atoms with van der Waals surface area (Å²) in [6, 6.07) is 12.8. The molecule has 0 atom stereocenters. The predicted molar refractivity (Wildman–Crippen MR) is 80.6 cm³/mol. The van der Waals surface area contributed by atoms with E-state index in [0.717, 1.165) is 10.9 Å². The summed E-state index contributed by atoms with van der Waals surface area (Å²) < 4.78 is 5.81. The number of rotatable bonds is 3. The van der Waals surface area contributed by atoms with Gasteiger partial charge in [-0.2, -0.15) is 5.10 Å². The summed E-state index contributed by atoms with van der Waals surface area (Å²) in [6.07, 6.45) is 1.74. The maximum atomic E-state index is 11.9. The Bertz CT molecular complexity index is 793. The molecule has 1 amide bonds. The zero-order valence-corrected chi connectivity index (χ0v) is 11.8. The van der Waals surface area contributed by atoms with Crippen molar-refractivity contribution in [3.05, 3.63) is 54.2 Å². The van der Waals surface area contributed by atoms with E-state index in [2.05, 4.69) is 10.2 Å². The number of hydrogen-bond donors (Lipinski definition) is 1. The zero-order chi connectivity index (χ0) is 14.8. The van der Waals surface area contributed by atoms with Crippen LogP contribution >= 0.6 is 0 Å². The van der Waals surface area contributed by atoms with E-state index in [1.54, 1.807) is 32.4 Å². The molecule has 21 heavy (non-hydrogen) atoms. The average Bonchev–Trinajstić information content (AvgIpc) is 2.94. The predicted octanol–water partition coefficient (Wildman–Crippen LogP) is 3.06. The van der Waals surface area contributed by atoms with Crippen LogP contribution in [0.2, 0.25) is 0 Å². The first-order valence-electron chi connectivity index (χ1n) is 6.56. The van der Waals surface area contributed by atoms with Crippen LogP contribution in [0.15, 0.2) is 48.7 Å². The van der Waals surface area contributed by atoms with E-state index in [0.29, 0.717) is 17.1 Å². The number of hydrogen-bond acceptors (Lipinski definition) is 3. The highest BCUT2D eigenvalue weighted by atomic mass is 16.5. The van der Waals surface area contributed by atoms with Crippen LogP contribution in [-0.2, 0) is 0 Å². The molecule has 0 fully saturated rings. The van der Waals surface area contributed by atoms with Crippen molar-refractivity contribution in [2.45, 2.75) is 0 Å². The number of ether oxygens (including phenoxy) is 1. The second-order valence-corrected chi connectivity index (χ2v) is 4.95. The van der Waals surface area contributed by atoms with Crippen molar-refractivity contribution < 1.29 is 9.53 Å². The third-order valence-corrected chi connectivity index (χ3v) is 3.13. The smallest absolute Gasteiger partial charge is 0.253 e. The number of fused-ring (bicyclic) bond motifs is 1. The van der Waals surface area contributed by atoms with Crippen LogP contribution in [0.3, 0.4) is 0 Å². The Hall–Kier alpha value is -2.82. The van der Waals surface area contributed by atoms with E-state index < -0.39 is 0 Å². The molecule has 0 aliphatic carbocycles. The molecule has 5 heteroatoms. The minimum Gasteiger partial charge on any atom is -0.457 e. The third kappa shape index (κ3) is 2.72. The molecule has 1 heterocycles. The highest BCUT2D eigenvalue weighted by molar-refractivity contribution is 5.94. The van der Waals surface area contributed by atoms with Gasteiger partial charge < -0.3 is 9.64 Å². The van der Waals surface area contributed by atoms with E-state index in [-0.39, 0.29) is 5.91 Å². The van der Waals surface area contributed by atoms with Gasteiger partial charge in [0.05, 0.1) is 11.7 Å². The highest BCUT2D eigenvalue weighted by Crippen LogP contribution is 2.25. The summed E-state index contributed by atoms with van der Waals surface area (Å²) in [5.41, 5.74) is 1.56. The van der Waals surface area contributed by atoms with Crippen molar-refractivity contribution >= 4 is 16.8 Å². The van der Waals surface area contributed by atoms with Gasteiger partial charge in [0.2, 0.25) is 0 Å². The maximum Gasteiger partial charge on any atom is 0.253 e. The van der Waals surface area contributed by atoms with Crippen LogP contribution in [0.4, 0.5) is 0 Å². The zero-order valence-electron chi connectivity index (χ0n) is 11.8. The Morgan fingerprint density at radius 1 is 1.14 bits per heavy atom. The van der Waals surface area contributed by atoms with E-state index in [9.17, 15) is 4.79 Å². The normalized spacial score (nSPS) is 10.6. The van der Waals surface area contributed by atoms with Gasteiger partial charge in [0.1, 0.15) is 11.5 Å². The molecule has 0 aliphatic heterocycles. The van der Waals surface area contributed by atoms with Crippen LogP contribution in [0, 0.1) is 0 Å². The Morgan fingerprint density at radius 2 is 1.95 bits per heavy atom. The fourth-order valence-corrected chi connectivity index (χ4v) is 2.07. The number of H-pyrrole nitrogens is 1. The SMILES string of the molecule is CN(C)C(=O)c1cccc(Oc2ccc3[nH]ncc3c2)c1. The minimum atomic E-state index is -0.0502. The molecule has 1 aromatic heterocycles. The van der Waals surface area contributed by atoms with Gasteiger partial charge in [-0.15, -0.1) is 0 Å². The molecular weight excluding hydrogens is 266 g/mol. The number of aromatic nitrogens is 2. The average molecular weight is 281 g/mol. The molecule has 1 N–H and O–H groups in total. The fraction of sp³-hybridized carbons (Fsp3) is 0.125. The maximum absolute atomic E-state index is 11.9. The van der Waals surface area contributed by atoms with E-state index in [1.807, 2.05) is 30.3 Å². The standard InChI is InChI=1S/C16H15N3O2/c1-19(2)16(20)11-4-3-5-13(8-11)21-14-6-7-15-12(9-14)10-17-18-15/h3-10H,1-2H3,(H,17,18). The van der Waals surface area contributed by atoms with E-state index in [4.69, 9.17) is 4.74 Å². The summed E-state index contributed by atoms with van der Waals surface area (Å²) >= 11 is 0. The van der Waals surface area contributed by atoms with E-state index in [1.165, 1.54) is 4.90 Å². The number of nitrogens with one attached hydrogen (secondary N) is 1. The molecule has 106 valence electrons. The van der Waals surface area contributed by atoms with Crippen molar-refractivity contribution in [3.8, 4) is 11.5 Å². The van der Waals surface area contributed by atoms with Crippen molar-refractivity contribution in [3.63, 3.8) is 0 Å². The van der Waals surface area contributed by atoms with Crippen molar-refractivity contribution in [1.29, 1.82) is 0 Å². The van der Waals surface area contributed by atoms with Crippen molar-refractivity contribution in [2.75, 3.05) is 14.1 Å². The summed E-state index contributed by atoms with van der Waals surface area (Å²) in [6.45, 7) is 0. The molecule has 0 radical (unpaired) electrons. The lowest BCUT2D eigenvalue weighted by molar-refractivity contribution is 0.0827. The summed E-state index contributed by atoms with van der Waals surface area (Å²) in [5, 5.41) is 7.85. The lowest BCUT2D eigenvalue weighted by atomic mass is 10.2. The Labute approximate surface area is 122 Å². The van der Waals surface area contributed by atoms with Crippen LogP contribution in [-0.4, -0.2) is 35.1 Å². The highest BCUT2D eigenvalue weighted by Gasteiger charge is 2.09. The largest absolute Gasteiger partial charge is 0.457 e. The van der Waals surface area contributed by atoms with Crippen molar-refractivity contribution in [2.24, 2.45) is 0 Å².